The number of carbonyl (C=O) groups excluding carboxylic acids is 2. The standard InChI is InChI=1S/C10H19N3O2/c1-2-3-4-13(6-9(12)14)10(15)7-5-8(7)11/h7-8H,2-6,11H2,1H3,(H2,12,14). The maximum Gasteiger partial charge on any atom is 0.237 e. The van der Waals surface area contributed by atoms with E-state index < -0.39 is 5.91 Å². The molecule has 0 aromatic heterocycles. The van der Waals surface area contributed by atoms with E-state index in [1.165, 1.54) is 4.90 Å². The minimum Gasteiger partial charge on any atom is -0.368 e. The maximum atomic E-state index is 11.8. The Labute approximate surface area is 89.8 Å². The third kappa shape index (κ3) is 3.51. The molecule has 1 aliphatic carbocycles. The van der Waals surface area contributed by atoms with E-state index in [0.717, 1.165) is 19.3 Å². The number of unbranched alkanes of at least 4 members (excludes halogenated alkanes) is 1. The molecule has 86 valence electrons. The highest BCUT2D eigenvalue weighted by atomic mass is 16.2. The Balaban J connectivity index is 2.46. The second-order valence-electron chi connectivity index (χ2n) is 4.09. The molecule has 2 amide bonds. The van der Waals surface area contributed by atoms with Crippen molar-refractivity contribution in [2.75, 3.05) is 13.1 Å². The number of primary amides is 1. The fourth-order valence-corrected chi connectivity index (χ4v) is 1.54. The molecule has 0 bridgehead atoms. The molecule has 1 fully saturated rings. The summed E-state index contributed by atoms with van der Waals surface area (Å²) in [5.41, 5.74) is 10.7. The summed E-state index contributed by atoms with van der Waals surface area (Å²) in [6, 6.07) is -0.0190. The number of hydrogen-bond donors (Lipinski definition) is 2. The van der Waals surface area contributed by atoms with Gasteiger partial charge in [-0.3, -0.25) is 9.59 Å². The number of hydrogen-bond acceptors (Lipinski definition) is 3. The molecule has 0 aromatic rings. The second kappa shape index (κ2) is 5.11. The third-order valence-electron chi connectivity index (χ3n) is 2.60. The SMILES string of the molecule is CCCCN(CC(N)=O)C(=O)C1CC1N. The molecule has 2 atom stereocenters. The highest BCUT2D eigenvalue weighted by Gasteiger charge is 2.42. The van der Waals surface area contributed by atoms with E-state index in [0.29, 0.717) is 6.54 Å². The Bertz CT molecular complexity index is 255. The van der Waals surface area contributed by atoms with Crippen LogP contribution in [0.25, 0.3) is 0 Å². The van der Waals surface area contributed by atoms with Crippen LogP contribution in [0.4, 0.5) is 0 Å². The summed E-state index contributed by atoms with van der Waals surface area (Å²) in [7, 11) is 0. The molecule has 5 nitrogen and oxygen atoms in total. The minimum atomic E-state index is -0.464. The van der Waals surface area contributed by atoms with E-state index in [-0.39, 0.29) is 24.4 Å². The van der Waals surface area contributed by atoms with Gasteiger partial charge in [0.1, 0.15) is 0 Å². The fourth-order valence-electron chi connectivity index (χ4n) is 1.54. The Hall–Kier alpha value is -1.10. The molecule has 0 radical (unpaired) electrons. The van der Waals surface area contributed by atoms with Crippen LogP contribution < -0.4 is 11.5 Å². The van der Waals surface area contributed by atoms with E-state index in [9.17, 15) is 9.59 Å². The molecule has 0 aliphatic heterocycles. The highest BCUT2D eigenvalue weighted by molar-refractivity contribution is 5.87. The Kier molecular flexibility index (Phi) is 4.08. The molecule has 0 heterocycles. The van der Waals surface area contributed by atoms with Crippen LogP contribution in [0.5, 0.6) is 0 Å². The lowest BCUT2D eigenvalue weighted by molar-refractivity contribution is -0.136. The van der Waals surface area contributed by atoms with Crippen LogP contribution in [0.15, 0.2) is 0 Å². The Morgan fingerprint density at radius 3 is 2.47 bits per heavy atom. The van der Waals surface area contributed by atoms with Crippen LogP contribution in [0.3, 0.4) is 0 Å². The van der Waals surface area contributed by atoms with Crippen molar-refractivity contribution in [1.82, 2.24) is 4.90 Å². The molecule has 0 spiro atoms. The van der Waals surface area contributed by atoms with Crippen molar-refractivity contribution in [3.63, 3.8) is 0 Å². The predicted molar refractivity (Wildman–Crippen MR) is 56.8 cm³/mol. The van der Waals surface area contributed by atoms with Gasteiger partial charge in [0.2, 0.25) is 11.8 Å². The van der Waals surface area contributed by atoms with Crippen molar-refractivity contribution >= 4 is 11.8 Å². The van der Waals surface area contributed by atoms with Crippen LogP contribution in [0.2, 0.25) is 0 Å². The molecule has 4 N–H and O–H groups in total. The average Bonchev–Trinajstić information content (AvgIpc) is 2.88. The molecular weight excluding hydrogens is 194 g/mol. The van der Waals surface area contributed by atoms with Crippen molar-refractivity contribution in [3.8, 4) is 0 Å². The summed E-state index contributed by atoms with van der Waals surface area (Å²) in [5.74, 6) is -0.565. The molecule has 15 heavy (non-hydrogen) atoms. The first-order valence-corrected chi connectivity index (χ1v) is 5.39. The van der Waals surface area contributed by atoms with Crippen LogP contribution in [0.1, 0.15) is 26.2 Å². The van der Waals surface area contributed by atoms with E-state index in [1.807, 2.05) is 6.92 Å². The van der Waals surface area contributed by atoms with Crippen LogP contribution in [0, 0.1) is 5.92 Å². The topological polar surface area (TPSA) is 89.4 Å². The van der Waals surface area contributed by atoms with Gasteiger partial charge in [-0.05, 0) is 12.8 Å². The van der Waals surface area contributed by atoms with Gasteiger partial charge < -0.3 is 16.4 Å². The molecule has 0 aromatic carbocycles. The van der Waals surface area contributed by atoms with E-state index in [1.54, 1.807) is 0 Å². The van der Waals surface area contributed by atoms with Crippen LogP contribution >= 0.6 is 0 Å². The van der Waals surface area contributed by atoms with Gasteiger partial charge in [-0.1, -0.05) is 13.3 Å². The van der Waals surface area contributed by atoms with Crippen molar-refractivity contribution in [2.24, 2.45) is 17.4 Å². The smallest absolute Gasteiger partial charge is 0.237 e. The number of nitrogens with zero attached hydrogens (tertiary/aromatic N) is 1. The lowest BCUT2D eigenvalue weighted by atomic mass is 10.2. The summed E-state index contributed by atoms with van der Waals surface area (Å²) in [5, 5.41) is 0. The number of rotatable bonds is 6. The van der Waals surface area contributed by atoms with Gasteiger partial charge in [0, 0.05) is 12.6 Å². The van der Waals surface area contributed by atoms with Crippen molar-refractivity contribution in [2.45, 2.75) is 32.2 Å². The van der Waals surface area contributed by atoms with Crippen LogP contribution in [-0.2, 0) is 9.59 Å². The first kappa shape index (κ1) is 12.0. The Morgan fingerprint density at radius 1 is 1.47 bits per heavy atom. The normalized spacial score (nSPS) is 23.6. The van der Waals surface area contributed by atoms with Gasteiger partial charge >= 0.3 is 0 Å². The van der Waals surface area contributed by atoms with Crippen LogP contribution in [-0.4, -0.2) is 35.8 Å². The van der Waals surface area contributed by atoms with E-state index in [2.05, 4.69) is 0 Å². The second-order valence-corrected chi connectivity index (χ2v) is 4.09. The zero-order valence-corrected chi connectivity index (χ0v) is 9.11. The van der Waals surface area contributed by atoms with Gasteiger partial charge in [-0.25, -0.2) is 0 Å². The van der Waals surface area contributed by atoms with Gasteiger partial charge in [-0.2, -0.15) is 0 Å². The van der Waals surface area contributed by atoms with E-state index in [4.69, 9.17) is 11.5 Å². The molecular formula is C10H19N3O2. The van der Waals surface area contributed by atoms with Gasteiger partial charge in [0.25, 0.3) is 0 Å². The first-order valence-electron chi connectivity index (χ1n) is 5.39. The Morgan fingerprint density at radius 2 is 2.07 bits per heavy atom. The molecule has 5 heteroatoms. The predicted octanol–water partition coefficient (Wildman–Crippen LogP) is -0.552. The summed E-state index contributed by atoms with van der Waals surface area (Å²) < 4.78 is 0. The monoisotopic (exact) mass is 213 g/mol. The molecule has 2 unspecified atom stereocenters. The van der Waals surface area contributed by atoms with Crippen molar-refractivity contribution in [3.05, 3.63) is 0 Å². The van der Waals surface area contributed by atoms with Gasteiger partial charge in [0.15, 0.2) is 0 Å². The number of amides is 2. The number of nitrogens with two attached hydrogens (primary N) is 2. The van der Waals surface area contributed by atoms with Crippen molar-refractivity contribution in [1.29, 1.82) is 0 Å². The maximum absolute atomic E-state index is 11.8. The van der Waals surface area contributed by atoms with Gasteiger partial charge in [0.05, 0.1) is 12.5 Å². The minimum absolute atomic E-state index is 0.0159. The molecule has 1 aliphatic rings. The third-order valence-corrected chi connectivity index (χ3v) is 2.60. The van der Waals surface area contributed by atoms with E-state index >= 15 is 0 Å². The summed E-state index contributed by atoms with van der Waals surface area (Å²) in [6.07, 6.45) is 2.61. The fraction of sp³-hybridized carbons (Fsp3) is 0.800. The lowest BCUT2D eigenvalue weighted by Gasteiger charge is -2.20. The summed E-state index contributed by atoms with van der Waals surface area (Å²) in [6.45, 7) is 2.65. The number of carbonyl (C=O) groups is 2. The lowest BCUT2D eigenvalue weighted by Crippen LogP contribution is -2.40. The highest BCUT2D eigenvalue weighted by Crippen LogP contribution is 2.29. The first-order chi connectivity index (χ1) is 7.06. The summed E-state index contributed by atoms with van der Waals surface area (Å²) >= 11 is 0. The summed E-state index contributed by atoms with van der Waals surface area (Å²) in [4.78, 5) is 24.1. The zero-order chi connectivity index (χ0) is 11.4. The molecule has 1 rings (SSSR count). The van der Waals surface area contributed by atoms with Crippen molar-refractivity contribution < 1.29 is 9.59 Å². The average molecular weight is 213 g/mol. The zero-order valence-electron chi connectivity index (χ0n) is 9.11. The quantitative estimate of drug-likeness (QED) is 0.620. The van der Waals surface area contributed by atoms with Gasteiger partial charge in [-0.15, -0.1) is 0 Å². The molecule has 1 saturated carbocycles. The molecule has 0 saturated heterocycles. The largest absolute Gasteiger partial charge is 0.368 e.